The van der Waals surface area contributed by atoms with Crippen molar-refractivity contribution < 1.29 is 23.4 Å². The number of aromatic nitrogens is 2. The summed E-state index contributed by atoms with van der Waals surface area (Å²) in [6.45, 7) is 4.14. The highest BCUT2D eigenvalue weighted by molar-refractivity contribution is 7.89. The number of ether oxygens (including phenoxy) is 1. The molecule has 0 bridgehead atoms. The van der Waals surface area contributed by atoms with Gasteiger partial charge in [0, 0.05) is 45.1 Å². The third-order valence-corrected chi connectivity index (χ3v) is 7.46. The first-order chi connectivity index (χ1) is 15.4. The molecule has 2 fully saturated rings. The quantitative estimate of drug-likeness (QED) is 0.455. The molecule has 13 heteroatoms. The average Bonchev–Trinajstić information content (AvgIpc) is 3.14. The van der Waals surface area contributed by atoms with Gasteiger partial charge in [-0.3, -0.25) is 4.90 Å². The van der Waals surface area contributed by atoms with Crippen molar-refractivity contribution >= 4 is 40.8 Å². The van der Waals surface area contributed by atoms with Crippen LogP contribution >= 0.6 is 24.8 Å². The largest absolute Gasteiger partial charge is 0.394 e. The Morgan fingerprint density at radius 1 is 1.06 bits per heavy atom. The van der Waals surface area contributed by atoms with E-state index in [4.69, 9.17) is 4.74 Å². The highest BCUT2D eigenvalue weighted by Gasteiger charge is 2.47. The maximum absolute atomic E-state index is 12.7. The maximum Gasteiger partial charge on any atom is 0.240 e. The van der Waals surface area contributed by atoms with Gasteiger partial charge in [0.15, 0.2) is 0 Å². The lowest BCUT2D eigenvalue weighted by Gasteiger charge is -2.40. The van der Waals surface area contributed by atoms with E-state index in [1.54, 1.807) is 42.7 Å². The molecule has 1 aromatic heterocycles. The number of aliphatic hydroxyl groups excluding tert-OH is 2. The molecule has 1 aromatic carbocycles. The average molecular weight is 536 g/mol. The van der Waals surface area contributed by atoms with Crippen LogP contribution in [0.5, 0.6) is 0 Å². The van der Waals surface area contributed by atoms with Crippen molar-refractivity contribution in [1.29, 1.82) is 0 Å². The van der Waals surface area contributed by atoms with Crippen LogP contribution in [-0.2, 0) is 14.8 Å². The number of anilines is 1. The van der Waals surface area contributed by atoms with Gasteiger partial charge in [-0.2, -0.15) is 0 Å². The zero-order valence-corrected chi connectivity index (χ0v) is 21.2. The van der Waals surface area contributed by atoms with Crippen molar-refractivity contribution in [3.05, 3.63) is 48.3 Å². The Morgan fingerprint density at radius 2 is 1.68 bits per heavy atom. The van der Waals surface area contributed by atoms with Gasteiger partial charge in [0.1, 0.15) is 12.2 Å². The number of aryl methyl sites for hydroxylation is 1. The van der Waals surface area contributed by atoms with Crippen molar-refractivity contribution in [3.63, 3.8) is 0 Å². The van der Waals surface area contributed by atoms with Gasteiger partial charge in [0.2, 0.25) is 16.0 Å². The van der Waals surface area contributed by atoms with Crippen LogP contribution in [0, 0.1) is 6.92 Å². The molecule has 4 atom stereocenters. The third-order valence-electron chi connectivity index (χ3n) is 6.02. The van der Waals surface area contributed by atoms with Crippen LogP contribution in [0.15, 0.2) is 47.6 Å². The van der Waals surface area contributed by atoms with Crippen LogP contribution in [0.4, 0.5) is 5.95 Å². The summed E-state index contributed by atoms with van der Waals surface area (Å²) < 4.78 is 33.9. The number of sulfonamides is 1. The van der Waals surface area contributed by atoms with Crippen molar-refractivity contribution in [2.45, 2.75) is 36.2 Å². The normalized spacial score (nSPS) is 25.4. The summed E-state index contributed by atoms with van der Waals surface area (Å²) in [6.07, 6.45) is 1.12. The third kappa shape index (κ3) is 6.35. The summed E-state index contributed by atoms with van der Waals surface area (Å²) >= 11 is 0. The number of halogens is 2. The van der Waals surface area contributed by atoms with Gasteiger partial charge in [-0.25, -0.2) is 23.1 Å². The van der Waals surface area contributed by atoms with E-state index in [0.29, 0.717) is 32.1 Å². The zero-order valence-electron chi connectivity index (χ0n) is 18.7. The Morgan fingerprint density at radius 3 is 2.26 bits per heavy atom. The van der Waals surface area contributed by atoms with Crippen LogP contribution in [0.25, 0.3) is 0 Å². The minimum atomic E-state index is -3.72. The van der Waals surface area contributed by atoms with Gasteiger partial charge in [0.05, 0.1) is 23.6 Å². The number of hydrogen-bond donors (Lipinski definition) is 3. The SMILES string of the molecule is Cc1ccc(S(=O)(=O)NC[C@H]2O[C@@H](CO)[C@@H](O)[C@H]2N2CCN(c3ncccn3)CC2)cc1.Cl.Cl. The van der Waals surface area contributed by atoms with Crippen LogP contribution < -0.4 is 9.62 Å². The molecule has 2 aliphatic heterocycles. The monoisotopic (exact) mass is 535 g/mol. The molecule has 34 heavy (non-hydrogen) atoms. The van der Waals surface area contributed by atoms with Gasteiger partial charge < -0.3 is 19.8 Å². The van der Waals surface area contributed by atoms with E-state index < -0.39 is 34.4 Å². The standard InChI is InChI=1S/C21H29N5O5S.2ClH/c1-15-3-5-16(6-4-15)32(29,30)24-13-17-19(20(28)18(14-27)31-17)25-9-11-26(12-10-25)21-22-7-2-8-23-21;;/h2-8,17-20,24,27-28H,9-14H2,1H3;2*1H/t17-,18+,19+,20-;;/m1../s1. The topological polar surface area (TPSA) is 128 Å². The van der Waals surface area contributed by atoms with E-state index >= 15 is 0 Å². The maximum atomic E-state index is 12.7. The first kappa shape index (κ1) is 28.7. The van der Waals surface area contributed by atoms with E-state index in [1.807, 2.05) is 6.92 Å². The summed E-state index contributed by atoms with van der Waals surface area (Å²) in [5.74, 6) is 0.658. The van der Waals surface area contributed by atoms with E-state index in [2.05, 4.69) is 24.5 Å². The molecule has 0 aliphatic carbocycles. The van der Waals surface area contributed by atoms with E-state index in [0.717, 1.165) is 5.56 Å². The molecule has 4 rings (SSSR count). The molecular formula is C21H31Cl2N5O5S. The Hall–Kier alpha value is -1.57. The molecule has 0 amide bonds. The summed E-state index contributed by atoms with van der Waals surface area (Å²) in [4.78, 5) is 12.9. The van der Waals surface area contributed by atoms with Crippen LogP contribution in [0.2, 0.25) is 0 Å². The van der Waals surface area contributed by atoms with Gasteiger partial charge in [-0.05, 0) is 25.1 Å². The molecule has 0 unspecified atom stereocenters. The minimum Gasteiger partial charge on any atom is -0.394 e. The summed E-state index contributed by atoms with van der Waals surface area (Å²) in [5, 5.41) is 20.4. The second kappa shape index (κ2) is 12.4. The molecule has 190 valence electrons. The predicted octanol–water partition coefficient (Wildman–Crippen LogP) is 0.218. The number of nitrogens with one attached hydrogen (secondary N) is 1. The summed E-state index contributed by atoms with van der Waals surface area (Å²) in [5.41, 5.74) is 0.970. The van der Waals surface area contributed by atoms with Crippen molar-refractivity contribution in [2.24, 2.45) is 0 Å². The Bertz CT molecular complexity index is 994. The van der Waals surface area contributed by atoms with Gasteiger partial charge >= 0.3 is 0 Å². The van der Waals surface area contributed by atoms with E-state index in [1.165, 1.54) is 0 Å². The molecule has 2 saturated heterocycles. The van der Waals surface area contributed by atoms with Crippen molar-refractivity contribution in [3.8, 4) is 0 Å². The molecule has 0 saturated carbocycles. The number of nitrogens with zero attached hydrogens (tertiary/aromatic N) is 4. The number of hydrogen-bond acceptors (Lipinski definition) is 9. The molecule has 3 N–H and O–H groups in total. The van der Waals surface area contributed by atoms with Crippen molar-refractivity contribution in [1.82, 2.24) is 19.6 Å². The van der Waals surface area contributed by atoms with Gasteiger partial charge in [-0.1, -0.05) is 17.7 Å². The smallest absolute Gasteiger partial charge is 0.240 e. The lowest BCUT2D eigenvalue weighted by Crippen LogP contribution is -2.57. The lowest BCUT2D eigenvalue weighted by molar-refractivity contribution is -0.0201. The van der Waals surface area contributed by atoms with E-state index in [9.17, 15) is 18.6 Å². The second-order valence-corrected chi connectivity index (χ2v) is 9.88. The molecule has 0 radical (unpaired) electrons. The second-order valence-electron chi connectivity index (χ2n) is 8.11. The Labute approximate surface area is 212 Å². The van der Waals surface area contributed by atoms with Crippen LogP contribution in [-0.4, -0.2) is 97.2 Å². The number of benzene rings is 1. The highest BCUT2D eigenvalue weighted by atomic mass is 35.5. The molecule has 3 heterocycles. The van der Waals surface area contributed by atoms with Gasteiger partial charge in [-0.15, -0.1) is 24.8 Å². The Kier molecular flexibility index (Phi) is 10.5. The molecule has 0 spiro atoms. The number of aliphatic hydroxyl groups is 2. The van der Waals surface area contributed by atoms with Gasteiger partial charge in [0.25, 0.3) is 0 Å². The molecule has 10 nitrogen and oxygen atoms in total. The summed E-state index contributed by atoms with van der Waals surface area (Å²) in [6, 6.07) is 7.92. The Balaban J connectivity index is 0.00000204. The van der Waals surface area contributed by atoms with Crippen molar-refractivity contribution in [2.75, 3.05) is 44.2 Å². The molecule has 2 aliphatic rings. The minimum absolute atomic E-state index is 0. The predicted molar refractivity (Wildman–Crippen MR) is 132 cm³/mol. The first-order valence-corrected chi connectivity index (χ1v) is 12.1. The number of piperazine rings is 1. The van der Waals surface area contributed by atoms with Crippen LogP contribution in [0.3, 0.4) is 0 Å². The fourth-order valence-corrected chi connectivity index (χ4v) is 5.31. The fourth-order valence-electron chi connectivity index (χ4n) is 4.26. The summed E-state index contributed by atoms with van der Waals surface area (Å²) in [7, 11) is -3.72. The number of rotatable bonds is 7. The molecule has 2 aromatic rings. The zero-order chi connectivity index (χ0) is 22.7. The van der Waals surface area contributed by atoms with E-state index in [-0.39, 0.29) is 42.9 Å². The first-order valence-electron chi connectivity index (χ1n) is 10.7. The fraction of sp³-hybridized carbons (Fsp3) is 0.524. The lowest BCUT2D eigenvalue weighted by atomic mass is 10.0. The highest BCUT2D eigenvalue weighted by Crippen LogP contribution is 2.27. The van der Waals surface area contributed by atoms with Crippen LogP contribution in [0.1, 0.15) is 5.56 Å². The molecular weight excluding hydrogens is 505 g/mol.